The van der Waals surface area contributed by atoms with Crippen molar-refractivity contribution in [3.8, 4) is 45.0 Å². The van der Waals surface area contributed by atoms with Crippen LogP contribution in [-0.4, -0.2) is 37.1 Å². The van der Waals surface area contributed by atoms with Crippen molar-refractivity contribution in [3.63, 3.8) is 0 Å². The molecule has 0 amide bonds. The Morgan fingerprint density at radius 3 is 1.33 bits per heavy atom. The average molecular weight is 473 g/mol. The molecule has 0 unspecified atom stereocenters. The zero-order chi connectivity index (χ0) is 25.1. The molecule has 174 valence electrons. The van der Waals surface area contributed by atoms with Crippen LogP contribution in [0, 0.1) is 0 Å². The molecule has 3 heterocycles. The predicted octanol–water partition coefficient (Wildman–Crippen LogP) is 5.94. The summed E-state index contributed by atoms with van der Waals surface area (Å²) in [4.78, 5) is 36.6. The fraction of sp³-hybridized carbons (Fsp3) is 0. The molecule has 0 aliphatic rings. The Hall–Kier alpha value is -5.17. The van der Waals surface area contributed by atoms with Gasteiger partial charge in [-0.25, -0.2) is 14.6 Å². The van der Waals surface area contributed by atoms with E-state index < -0.39 is 11.9 Å². The Labute approximate surface area is 206 Å². The van der Waals surface area contributed by atoms with Crippen LogP contribution >= 0.6 is 0 Å². The van der Waals surface area contributed by atoms with Crippen LogP contribution in [0.5, 0.6) is 0 Å². The molecule has 7 nitrogen and oxygen atoms in total. The first-order valence-electron chi connectivity index (χ1n) is 11.1. The molecule has 0 aliphatic carbocycles. The third-order valence-electron chi connectivity index (χ3n) is 5.66. The van der Waals surface area contributed by atoms with E-state index in [2.05, 4.69) is 9.97 Å². The van der Waals surface area contributed by atoms with Crippen molar-refractivity contribution in [1.29, 1.82) is 0 Å². The first-order valence-corrected chi connectivity index (χ1v) is 11.1. The van der Waals surface area contributed by atoms with Gasteiger partial charge in [0, 0.05) is 12.4 Å². The van der Waals surface area contributed by atoms with Crippen molar-refractivity contribution in [3.05, 3.63) is 115 Å². The molecule has 0 fully saturated rings. The lowest BCUT2D eigenvalue weighted by atomic mass is 9.96. The Bertz CT molecular complexity index is 1480. The number of nitrogens with zero attached hydrogens (tertiary/aromatic N) is 3. The molecule has 2 aromatic carbocycles. The second kappa shape index (κ2) is 9.60. The first kappa shape index (κ1) is 22.6. The van der Waals surface area contributed by atoms with Gasteiger partial charge in [0.25, 0.3) is 0 Å². The number of carbonyl (C=O) groups is 2. The number of hydrogen-bond donors (Lipinski definition) is 2. The van der Waals surface area contributed by atoms with E-state index in [0.717, 1.165) is 28.6 Å². The summed E-state index contributed by atoms with van der Waals surface area (Å²) in [5, 5.41) is 18.8. The minimum atomic E-state index is -1.18. The van der Waals surface area contributed by atoms with Gasteiger partial charge in [0.1, 0.15) is 0 Å². The molecular formula is C29H19N3O4. The van der Waals surface area contributed by atoms with Crippen molar-refractivity contribution in [2.75, 3.05) is 0 Å². The molecule has 0 saturated heterocycles. The van der Waals surface area contributed by atoms with Crippen molar-refractivity contribution in [2.45, 2.75) is 0 Å². The Morgan fingerprint density at radius 2 is 0.944 bits per heavy atom. The van der Waals surface area contributed by atoms with E-state index in [1.54, 1.807) is 12.4 Å². The van der Waals surface area contributed by atoms with E-state index in [-0.39, 0.29) is 11.1 Å². The maximum Gasteiger partial charge on any atom is 0.335 e. The van der Waals surface area contributed by atoms with Crippen LogP contribution in [0.25, 0.3) is 45.0 Å². The topological polar surface area (TPSA) is 113 Å². The van der Waals surface area contributed by atoms with Crippen molar-refractivity contribution in [2.24, 2.45) is 0 Å². The molecule has 0 bridgehead atoms. The van der Waals surface area contributed by atoms with Gasteiger partial charge in [-0.1, -0.05) is 36.4 Å². The predicted molar refractivity (Wildman–Crippen MR) is 135 cm³/mol. The maximum atomic E-state index is 11.5. The number of pyridine rings is 3. The van der Waals surface area contributed by atoms with Gasteiger partial charge in [-0.15, -0.1) is 0 Å². The van der Waals surface area contributed by atoms with E-state index in [0.29, 0.717) is 22.5 Å². The monoisotopic (exact) mass is 473 g/mol. The van der Waals surface area contributed by atoms with Crippen LogP contribution in [0.3, 0.4) is 0 Å². The van der Waals surface area contributed by atoms with Gasteiger partial charge in [0.05, 0.1) is 33.9 Å². The van der Waals surface area contributed by atoms with Gasteiger partial charge in [0.2, 0.25) is 0 Å². The highest BCUT2D eigenvalue weighted by Crippen LogP contribution is 2.31. The quantitative estimate of drug-likeness (QED) is 0.314. The number of aromatic carboxylic acids is 2. The second-order valence-corrected chi connectivity index (χ2v) is 8.04. The van der Waals surface area contributed by atoms with Crippen LogP contribution in [0.2, 0.25) is 0 Å². The van der Waals surface area contributed by atoms with Crippen molar-refractivity contribution in [1.82, 2.24) is 15.0 Å². The van der Waals surface area contributed by atoms with E-state index in [4.69, 9.17) is 4.98 Å². The van der Waals surface area contributed by atoms with Gasteiger partial charge in [-0.3, -0.25) is 9.97 Å². The Morgan fingerprint density at radius 1 is 0.500 bits per heavy atom. The third-order valence-corrected chi connectivity index (χ3v) is 5.66. The molecule has 2 N–H and O–H groups in total. The molecule has 3 aromatic heterocycles. The lowest BCUT2D eigenvalue weighted by Gasteiger charge is -2.11. The van der Waals surface area contributed by atoms with Gasteiger partial charge in [0.15, 0.2) is 0 Å². The summed E-state index contributed by atoms with van der Waals surface area (Å²) in [6, 6.07) is 26.8. The van der Waals surface area contributed by atoms with E-state index in [1.165, 1.54) is 12.1 Å². The minimum absolute atomic E-state index is 0.0804. The second-order valence-electron chi connectivity index (χ2n) is 8.04. The molecular weight excluding hydrogens is 454 g/mol. The Kier molecular flexibility index (Phi) is 6.03. The Balaban J connectivity index is 1.58. The van der Waals surface area contributed by atoms with E-state index in [9.17, 15) is 19.8 Å². The summed E-state index contributed by atoms with van der Waals surface area (Å²) in [5.74, 6) is -2.37. The fourth-order valence-corrected chi connectivity index (χ4v) is 3.88. The number of aromatic nitrogens is 3. The van der Waals surface area contributed by atoms with Gasteiger partial charge in [-0.05, 0) is 76.9 Å². The van der Waals surface area contributed by atoms with Crippen molar-refractivity contribution >= 4 is 11.9 Å². The van der Waals surface area contributed by atoms with Crippen molar-refractivity contribution < 1.29 is 19.8 Å². The number of carboxylic acid groups (broad SMARTS) is 2. The fourth-order valence-electron chi connectivity index (χ4n) is 3.88. The highest BCUT2D eigenvalue weighted by Gasteiger charge is 2.14. The number of hydrogen-bond acceptors (Lipinski definition) is 5. The lowest BCUT2D eigenvalue weighted by molar-refractivity contribution is 0.0696. The van der Waals surface area contributed by atoms with Crippen LogP contribution in [0.1, 0.15) is 20.7 Å². The van der Waals surface area contributed by atoms with E-state index >= 15 is 0 Å². The molecule has 0 radical (unpaired) electrons. The minimum Gasteiger partial charge on any atom is -0.478 e. The van der Waals surface area contributed by atoms with Crippen LogP contribution in [0.4, 0.5) is 0 Å². The molecule has 5 aromatic rings. The number of rotatable bonds is 6. The zero-order valence-corrected chi connectivity index (χ0v) is 18.9. The standard InChI is InChI=1S/C29H19N3O4/c33-28(34)22-13-20(14-23(15-22)29(35)36)18-7-9-19(10-8-18)21-16-26(24-5-1-3-11-30-24)32-27(17-21)25-6-2-4-12-31-25/h1-17H,(H,33,34)(H,35,36). The number of benzene rings is 2. The largest absolute Gasteiger partial charge is 0.478 e. The molecule has 0 atom stereocenters. The third kappa shape index (κ3) is 4.71. The smallest absolute Gasteiger partial charge is 0.335 e. The van der Waals surface area contributed by atoms with E-state index in [1.807, 2.05) is 72.8 Å². The first-order chi connectivity index (χ1) is 17.5. The van der Waals surface area contributed by atoms with Gasteiger partial charge >= 0.3 is 11.9 Å². The highest BCUT2D eigenvalue weighted by molar-refractivity contribution is 5.96. The summed E-state index contributed by atoms with van der Waals surface area (Å²) >= 11 is 0. The molecule has 5 rings (SSSR count). The molecule has 36 heavy (non-hydrogen) atoms. The average Bonchev–Trinajstić information content (AvgIpc) is 2.93. The summed E-state index contributed by atoms with van der Waals surface area (Å²) in [5.41, 5.74) is 5.75. The summed E-state index contributed by atoms with van der Waals surface area (Å²) in [7, 11) is 0. The summed E-state index contributed by atoms with van der Waals surface area (Å²) < 4.78 is 0. The number of carboxylic acids is 2. The lowest BCUT2D eigenvalue weighted by Crippen LogP contribution is -2.03. The summed E-state index contributed by atoms with van der Waals surface area (Å²) in [6.07, 6.45) is 3.44. The van der Waals surface area contributed by atoms with Crippen LogP contribution in [0.15, 0.2) is 103 Å². The molecule has 0 saturated carbocycles. The highest BCUT2D eigenvalue weighted by atomic mass is 16.4. The normalized spacial score (nSPS) is 10.7. The zero-order valence-electron chi connectivity index (χ0n) is 18.9. The molecule has 0 spiro atoms. The van der Waals surface area contributed by atoms with Crippen LogP contribution in [-0.2, 0) is 0 Å². The molecule has 0 aliphatic heterocycles. The van der Waals surface area contributed by atoms with Gasteiger partial charge < -0.3 is 10.2 Å². The maximum absolute atomic E-state index is 11.5. The van der Waals surface area contributed by atoms with Gasteiger partial charge in [-0.2, -0.15) is 0 Å². The SMILES string of the molecule is O=C(O)c1cc(C(=O)O)cc(-c2ccc(-c3cc(-c4ccccn4)nc(-c4ccccn4)c3)cc2)c1. The van der Waals surface area contributed by atoms with Crippen LogP contribution < -0.4 is 0 Å². The summed E-state index contributed by atoms with van der Waals surface area (Å²) in [6.45, 7) is 0. The molecule has 7 heteroatoms.